The van der Waals surface area contributed by atoms with Gasteiger partial charge >= 0.3 is 41.9 Å². The Kier molecular flexibility index (Phi) is 15.6. The quantitative estimate of drug-likeness (QED) is 0.215. The first-order valence-corrected chi connectivity index (χ1v) is 17.5. The number of halogens is 2. The van der Waals surface area contributed by atoms with Crippen molar-refractivity contribution in [2.75, 3.05) is 0 Å². The summed E-state index contributed by atoms with van der Waals surface area (Å²) in [6.45, 7) is 15.5. The SMILES string of the molecule is CC1=[C-]C(C)C(C)=C1C.CCCc1[cH-]c2ccccc2c1-c1ccccc1.C[Si](C)=[Zr+2].Cl.Cl. The van der Waals surface area contributed by atoms with E-state index in [-0.39, 0.29) is 30.2 Å². The van der Waals surface area contributed by atoms with Crippen LogP contribution in [0.2, 0.25) is 13.1 Å². The number of hydrogen-bond acceptors (Lipinski definition) is 0. The van der Waals surface area contributed by atoms with Gasteiger partial charge in [-0.3, -0.25) is 6.08 Å². The van der Waals surface area contributed by atoms with Crippen LogP contribution in [-0.4, -0.2) is 5.43 Å². The Morgan fingerprint density at radius 3 is 1.94 bits per heavy atom. The molecule has 33 heavy (non-hydrogen) atoms. The van der Waals surface area contributed by atoms with Crippen molar-refractivity contribution in [1.82, 2.24) is 0 Å². The maximum absolute atomic E-state index is 3.36. The van der Waals surface area contributed by atoms with Crippen LogP contribution in [0.25, 0.3) is 21.9 Å². The molecule has 1 aliphatic carbocycles. The molecule has 0 nitrogen and oxygen atoms in total. The summed E-state index contributed by atoms with van der Waals surface area (Å²) in [4.78, 5) is 0. The fourth-order valence-corrected chi connectivity index (χ4v) is 3.86. The smallest absolute Gasteiger partial charge is 0.147 e. The van der Waals surface area contributed by atoms with Crippen LogP contribution in [0.1, 0.15) is 46.6 Å². The minimum atomic E-state index is 0. The van der Waals surface area contributed by atoms with E-state index in [0.717, 1.165) is 6.42 Å². The molecule has 0 spiro atoms. The molecule has 3 aromatic carbocycles. The van der Waals surface area contributed by atoms with Crippen molar-refractivity contribution in [3.05, 3.63) is 89.0 Å². The van der Waals surface area contributed by atoms with Gasteiger partial charge in [0, 0.05) is 0 Å². The van der Waals surface area contributed by atoms with Gasteiger partial charge in [0.05, 0.1) is 0 Å². The van der Waals surface area contributed by atoms with Crippen LogP contribution in [0.3, 0.4) is 0 Å². The van der Waals surface area contributed by atoms with Gasteiger partial charge in [0.25, 0.3) is 0 Å². The summed E-state index contributed by atoms with van der Waals surface area (Å²) >= 11 is 1.74. The summed E-state index contributed by atoms with van der Waals surface area (Å²) in [5.74, 6) is 0.560. The zero-order chi connectivity index (χ0) is 23.0. The average Bonchev–Trinajstić information content (AvgIpc) is 3.21. The maximum atomic E-state index is 3.36. The fraction of sp³-hybridized carbons (Fsp3) is 0.345. The Hall–Kier alpha value is -0.790. The van der Waals surface area contributed by atoms with Gasteiger partial charge in [0.15, 0.2) is 0 Å². The van der Waals surface area contributed by atoms with Gasteiger partial charge in [-0.1, -0.05) is 82.0 Å². The molecule has 3 aromatic rings. The third-order valence-electron chi connectivity index (χ3n) is 5.70. The zero-order valence-corrected chi connectivity index (χ0v) is 26.2. The van der Waals surface area contributed by atoms with E-state index in [4.69, 9.17) is 0 Å². The molecule has 1 atom stereocenters. The number of aryl methyl sites for hydroxylation is 1. The Balaban J connectivity index is 0.000000580. The Morgan fingerprint density at radius 1 is 0.939 bits per heavy atom. The molecule has 0 aliphatic heterocycles. The molecule has 0 saturated carbocycles. The molecule has 0 aromatic heterocycles. The molecule has 0 radical (unpaired) electrons. The molecule has 0 saturated heterocycles. The first-order chi connectivity index (χ1) is 14.8. The van der Waals surface area contributed by atoms with E-state index in [1.807, 2.05) is 0 Å². The molecule has 0 fully saturated rings. The normalized spacial score (nSPS) is 14.2. The minimum absolute atomic E-state index is 0. The summed E-state index contributed by atoms with van der Waals surface area (Å²) in [5, 5.41) is 2.74. The van der Waals surface area contributed by atoms with Gasteiger partial charge in [-0.15, -0.1) is 77.9 Å². The van der Waals surface area contributed by atoms with Crippen LogP contribution in [0.15, 0.2) is 77.4 Å². The number of fused-ring (bicyclic) bond motifs is 1. The molecule has 1 aliphatic rings. The molecule has 4 heteroatoms. The van der Waals surface area contributed by atoms with Crippen molar-refractivity contribution >= 4 is 41.0 Å². The van der Waals surface area contributed by atoms with Crippen LogP contribution >= 0.6 is 24.8 Å². The van der Waals surface area contributed by atoms with Gasteiger partial charge in [0.1, 0.15) is 0 Å². The van der Waals surface area contributed by atoms with Gasteiger partial charge in [-0.05, 0) is 6.42 Å². The van der Waals surface area contributed by atoms with Crippen LogP contribution in [-0.2, 0) is 29.8 Å². The van der Waals surface area contributed by atoms with Crippen molar-refractivity contribution in [3.63, 3.8) is 0 Å². The van der Waals surface area contributed by atoms with Crippen LogP contribution in [0.4, 0.5) is 0 Å². The first-order valence-electron chi connectivity index (χ1n) is 11.3. The summed E-state index contributed by atoms with van der Waals surface area (Å²) in [6, 6.07) is 21.8. The van der Waals surface area contributed by atoms with Gasteiger partial charge in [0.2, 0.25) is 0 Å². The third-order valence-corrected chi connectivity index (χ3v) is 5.70. The van der Waals surface area contributed by atoms with Gasteiger partial charge < -0.3 is 0 Å². The largest absolute Gasteiger partial charge is 0.147 e. The molecular formula is C29H38Cl2SiZr. The van der Waals surface area contributed by atoms with E-state index in [1.165, 1.54) is 50.6 Å². The van der Waals surface area contributed by atoms with Crippen molar-refractivity contribution in [2.45, 2.75) is 60.6 Å². The van der Waals surface area contributed by atoms with Crippen LogP contribution in [0, 0.1) is 12.0 Å². The van der Waals surface area contributed by atoms with Crippen molar-refractivity contribution < 1.29 is 23.3 Å². The van der Waals surface area contributed by atoms with Crippen LogP contribution < -0.4 is 0 Å². The molecule has 0 heterocycles. The van der Waals surface area contributed by atoms with E-state index >= 15 is 0 Å². The minimum Gasteiger partial charge on any atom is -0.147 e. The van der Waals surface area contributed by atoms with E-state index in [0.29, 0.717) is 5.92 Å². The second-order valence-electron chi connectivity index (χ2n) is 8.55. The predicted octanol–water partition coefficient (Wildman–Crippen LogP) is 9.53. The number of rotatable bonds is 3. The fourth-order valence-electron chi connectivity index (χ4n) is 3.86. The molecular weight excluding hydrogens is 539 g/mol. The summed E-state index contributed by atoms with van der Waals surface area (Å²) in [5.41, 5.74) is 8.69. The topological polar surface area (TPSA) is 0 Å². The average molecular weight is 577 g/mol. The molecule has 0 bridgehead atoms. The van der Waals surface area contributed by atoms with Gasteiger partial charge in [-0.2, -0.15) is 11.1 Å². The first kappa shape index (κ1) is 32.2. The molecule has 0 amide bonds. The van der Waals surface area contributed by atoms with Crippen molar-refractivity contribution in [3.8, 4) is 11.1 Å². The maximum Gasteiger partial charge on any atom is -0.147 e. The van der Waals surface area contributed by atoms with E-state index in [2.05, 4.69) is 114 Å². The molecule has 1 unspecified atom stereocenters. The van der Waals surface area contributed by atoms with Crippen molar-refractivity contribution in [1.29, 1.82) is 0 Å². The van der Waals surface area contributed by atoms with Gasteiger partial charge in [-0.25, -0.2) is 5.57 Å². The van der Waals surface area contributed by atoms with Crippen molar-refractivity contribution in [2.24, 2.45) is 5.92 Å². The number of allylic oxidation sites excluding steroid dienone is 4. The van der Waals surface area contributed by atoms with E-state index in [9.17, 15) is 0 Å². The molecule has 176 valence electrons. The Bertz CT molecular complexity index is 1070. The summed E-state index contributed by atoms with van der Waals surface area (Å²) in [7, 11) is 0. The molecule has 0 N–H and O–H groups in total. The summed E-state index contributed by atoms with van der Waals surface area (Å²) < 4.78 is 0. The van der Waals surface area contributed by atoms with E-state index < -0.39 is 0 Å². The Labute approximate surface area is 229 Å². The van der Waals surface area contributed by atoms with Crippen LogP contribution in [0.5, 0.6) is 0 Å². The standard InChI is InChI=1S/C18H17.C9H13.C2H6Si.2ClH.Zr/c1-2-8-16-13-15-11-6-7-12-17(15)18(16)14-9-4-3-5-10-14;1-6-5-7(2)9(4)8(6)3;1-3-2;;;/h3-7,9-13H,2,8H2,1H3;6H,1-4H3;1-2H3;2*1H;/q2*-1;;;;+2. The van der Waals surface area contributed by atoms with E-state index in [1.54, 1.807) is 23.3 Å². The molecule has 4 rings (SSSR count). The Morgan fingerprint density at radius 2 is 1.48 bits per heavy atom. The number of hydrogen-bond donors (Lipinski definition) is 0. The zero-order valence-electron chi connectivity index (χ0n) is 21.1. The summed E-state index contributed by atoms with van der Waals surface area (Å²) in [6.07, 6.45) is 5.70. The third kappa shape index (κ3) is 9.41. The monoisotopic (exact) mass is 574 g/mol. The number of benzene rings is 2. The predicted molar refractivity (Wildman–Crippen MR) is 151 cm³/mol. The second kappa shape index (κ2) is 16.0. The second-order valence-corrected chi connectivity index (χ2v) is 17.9.